The summed E-state index contributed by atoms with van der Waals surface area (Å²) in [5.41, 5.74) is 5.46. The van der Waals surface area contributed by atoms with Crippen molar-refractivity contribution < 1.29 is 12.8 Å². The molecular formula is C11H9BrClFN2O2S2. The monoisotopic (exact) mass is 398 g/mol. The highest BCUT2D eigenvalue weighted by Gasteiger charge is 2.22. The molecule has 4 nitrogen and oxygen atoms in total. The number of sulfonamides is 1. The Morgan fingerprint density at radius 3 is 2.70 bits per heavy atom. The normalized spacial score (nSPS) is 11.6. The van der Waals surface area contributed by atoms with Gasteiger partial charge in [0.1, 0.15) is 10.7 Å². The number of benzene rings is 1. The van der Waals surface area contributed by atoms with E-state index in [-0.39, 0.29) is 22.2 Å². The van der Waals surface area contributed by atoms with Crippen LogP contribution in [0.2, 0.25) is 5.02 Å². The Kier molecular flexibility index (Phi) is 4.70. The average molecular weight is 400 g/mol. The van der Waals surface area contributed by atoms with E-state index in [0.29, 0.717) is 8.66 Å². The van der Waals surface area contributed by atoms with Crippen molar-refractivity contribution in [2.24, 2.45) is 5.73 Å². The number of hydrogen-bond acceptors (Lipinski definition) is 4. The molecule has 0 spiro atoms. The lowest BCUT2D eigenvalue weighted by Crippen LogP contribution is -2.13. The fourth-order valence-electron chi connectivity index (χ4n) is 1.46. The molecule has 0 unspecified atom stereocenters. The maximum absolute atomic E-state index is 13.1. The molecule has 20 heavy (non-hydrogen) atoms. The topological polar surface area (TPSA) is 72.2 Å². The molecule has 0 bridgehead atoms. The minimum absolute atomic E-state index is 0.0148. The first-order chi connectivity index (χ1) is 9.33. The van der Waals surface area contributed by atoms with Crippen LogP contribution in [0.3, 0.4) is 0 Å². The molecule has 3 N–H and O–H groups in total. The maximum atomic E-state index is 13.1. The summed E-state index contributed by atoms with van der Waals surface area (Å²) in [7, 11) is -3.87. The summed E-state index contributed by atoms with van der Waals surface area (Å²) in [6.45, 7) is 0.236. The van der Waals surface area contributed by atoms with Gasteiger partial charge in [-0.1, -0.05) is 11.6 Å². The summed E-state index contributed by atoms with van der Waals surface area (Å²) >= 11 is 10.2. The van der Waals surface area contributed by atoms with Crippen LogP contribution in [0.4, 0.5) is 10.1 Å². The number of rotatable bonds is 4. The minimum Gasteiger partial charge on any atom is -0.326 e. The molecule has 0 aliphatic rings. The van der Waals surface area contributed by atoms with Crippen LogP contribution >= 0.6 is 38.9 Å². The van der Waals surface area contributed by atoms with Crippen LogP contribution in [0.25, 0.3) is 0 Å². The molecule has 0 saturated carbocycles. The van der Waals surface area contributed by atoms with Gasteiger partial charge in [-0.25, -0.2) is 12.8 Å². The van der Waals surface area contributed by atoms with Crippen molar-refractivity contribution in [3.05, 3.63) is 43.8 Å². The highest BCUT2D eigenvalue weighted by atomic mass is 79.9. The SMILES string of the molecule is NCc1cc(S(=O)(=O)Nc2cc(F)ccc2Cl)c(Br)s1. The Hall–Kier alpha value is -0.670. The Morgan fingerprint density at radius 1 is 1.40 bits per heavy atom. The third kappa shape index (κ3) is 3.32. The molecule has 0 saturated heterocycles. The second-order valence-corrected chi connectivity index (χ2v) is 8.30. The Bertz CT molecular complexity index is 749. The van der Waals surface area contributed by atoms with Gasteiger partial charge in [-0.2, -0.15) is 0 Å². The largest absolute Gasteiger partial charge is 0.326 e. The molecule has 108 valence electrons. The second kappa shape index (κ2) is 5.98. The molecule has 0 fully saturated rings. The number of hydrogen-bond donors (Lipinski definition) is 2. The van der Waals surface area contributed by atoms with Crippen molar-refractivity contribution >= 4 is 54.6 Å². The molecule has 1 heterocycles. The lowest BCUT2D eigenvalue weighted by Gasteiger charge is -2.08. The first-order valence-corrected chi connectivity index (χ1v) is 8.76. The lowest BCUT2D eigenvalue weighted by atomic mass is 10.3. The van der Waals surface area contributed by atoms with Gasteiger partial charge in [0, 0.05) is 11.4 Å². The van der Waals surface area contributed by atoms with Crippen molar-refractivity contribution in [2.45, 2.75) is 11.4 Å². The highest BCUT2D eigenvalue weighted by Crippen LogP contribution is 2.33. The fourth-order valence-corrected chi connectivity index (χ4v) is 5.31. The molecule has 0 radical (unpaired) electrons. The van der Waals surface area contributed by atoms with Crippen LogP contribution < -0.4 is 10.5 Å². The molecular weight excluding hydrogens is 391 g/mol. The molecule has 0 atom stereocenters. The van der Waals surface area contributed by atoms with Crippen molar-refractivity contribution in [1.82, 2.24) is 0 Å². The number of anilines is 1. The van der Waals surface area contributed by atoms with E-state index in [1.54, 1.807) is 0 Å². The summed E-state index contributed by atoms with van der Waals surface area (Å²) in [6.07, 6.45) is 0. The number of halogens is 3. The van der Waals surface area contributed by atoms with Crippen molar-refractivity contribution in [3.8, 4) is 0 Å². The van der Waals surface area contributed by atoms with E-state index in [2.05, 4.69) is 20.7 Å². The summed E-state index contributed by atoms with van der Waals surface area (Å²) < 4.78 is 40.4. The average Bonchev–Trinajstić information content (AvgIpc) is 2.76. The van der Waals surface area contributed by atoms with Gasteiger partial charge in [0.05, 0.1) is 14.5 Å². The Balaban J connectivity index is 2.40. The Labute approximate surface area is 132 Å². The molecule has 0 aliphatic heterocycles. The zero-order valence-electron chi connectivity index (χ0n) is 9.86. The van der Waals surface area contributed by atoms with Crippen LogP contribution in [-0.4, -0.2) is 8.42 Å². The van der Waals surface area contributed by atoms with Crippen LogP contribution in [-0.2, 0) is 16.6 Å². The van der Waals surface area contributed by atoms with Gasteiger partial charge in [0.2, 0.25) is 0 Å². The van der Waals surface area contributed by atoms with Crippen molar-refractivity contribution in [2.75, 3.05) is 4.72 Å². The molecule has 0 aliphatic carbocycles. The second-order valence-electron chi connectivity index (χ2n) is 3.78. The molecule has 2 rings (SSSR count). The van der Waals surface area contributed by atoms with Gasteiger partial charge in [-0.15, -0.1) is 11.3 Å². The van der Waals surface area contributed by atoms with E-state index >= 15 is 0 Å². The van der Waals surface area contributed by atoms with Gasteiger partial charge in [0.15, 0.2) is 0 Å². The third-order valence-corrected chi connectivity index (χ3v) is 6.34. The lowest BCUT2D eigenvalue weighted by molar-refractivity contribution is 0.601. The third-order valence-electron chi connectivity index (χ3n) is 2.37. The smallest absolute Gasteiger partial charge is 0.263 e. The van der Waals surface area contributed by atoms with Crippen molar-refractivity contribution in [3.63, 3.8) is 0 Å². The molecule has 1 aromatic carbocycles. The number of nitrogens with two attached hydrogens (primary N) is 1. The van der Waals surface area contributed by atoms with E-state index in [9.17, 15) is 12.8 Å². The van der Waals surface area contributed by atoms with E-state index in [0.717, 1.165) is 12.1 Å². The quantitative estimate of drug-likeness (QED) is 0.825. The van der Waals surface area contributed by atoms with Crippen LogP contribution in [0.5, 0.6) is 0 Å². The molecule has 2 aromatic rings. The first-order valence-electron chi connectivity index (χ1n) is 5.29. The number of thiophene rings is 1. The van der Waals surface area contributed by atoms with Crippen molar-refractivity contribution in [1.29, 1.82) is 0 Å². The van der Waals surface area contributed by atoms with E-state index in [1.807, 2.05) is 0 Å². The van der Waals surface area contributed by atoms with Gasteiger partial charge in [-0.05, 0) is 40.2 Å². The standard InChI is InChI=1S/C11H9BrClFN2O2S2/c12-11-10(4-7(5-15)19-11)20(17,18)16-9-3-6(14)1-2-8(9)13/h1-4,16H,5,15H2. The molecule has 9 heteroatoms. The molecule has 0 amide bonds. The summed E-state index contributed by atoms with van der Waals surface area (Å²) in [6, 6.07) is 4.91. The maximum Gasteiger partial charge on any atom is 0.263 e. The predicted octanol–water partition coefficient (Wildman–Crippen LogP) is 3.56. The first kappa shape index (κ1) is 15.7. The van der Waals surface area contributed by atoms with E-state index in [1.165, 1.54) is 23.5 Å². The van der Waals surface area contributed by atoms with Gasteiger partial charge >= 0.3 is 0 Å². The van der Waals surface area contributed by atoms with E-state index in [4.69, 9.17) is 17.3 Å². The minimum atomic E-state index is -3.87. The fraction of sp³-hybridized carbons (Fsp3) is 0.0909. The molecule has 1 aromatic heterocycles. The van der Waals surface area contributed by atoms with Crippen LogP contribution in [0.15, 0.2) is 32.9 Å². The zero-order chi connectivity index (χ0) is 14.9. The van der Waals surface area contributed by atoms with Crippen LogP contribution in [0, 0.1) is 5.82 Å². The summed E-state index contributed by atoms with van der Waals surface area (Å²) in [4.78, 5) is 0.755. The number of nitrogens with one attached hydrogen (secondary N) is 1. The highest BCUT2D eigenvalue weighted by molar-refractivity contribution is 9.11. The summed E-state index contributed by atoms with van der Waals surface area (Å²) in [5, 5.41) is 0.111. The van der Waals surface area contributed by atoms with Gasteiger partial charge < -0.3 is 5.73 Å². The predicted molar refractivity (Wildman–Crippen MR) is 82.1 cm³/mol. The van der Waals surface area contributed by atoms with Gasteiger partial charge in [-0.3, -0.25) is 4.72 Å². The Morgan fingerprint density at radius 2 is 2.10 bits per heavy atom. The zero-order valence-corrected chi connectivity index (χ0v) is 13.8. The van der Waals surface area contributed by atoms with E-state index < -0.39 is 15.8 Å². The van der Waals surface area contributed by atoms with Gasteiger partial charge in [0.25, 0.3) is 10.0 Å². The summed E-state index contributed by atoms with van der Waals surface area (Å²) in [5.74, 6) is -0.584. The van der Waals surface area contributed by atoms with Crippen LogP contribution in [0.1, 0.15) is 4.88 Å².